The van der Waals surface area contributed by atoms with Crippen molar-refractivity contribution in [3.8, 4) is 0 Å². The SMILES string of the molecule is CCN(c1nc(CNC(C)C)cc2ccccc12)C1CC1. The first kappa shape index (κ1) is 14.3. The summed E-state index contributed by atoms with van der Waals surface area (Å²) in [7, 11) is 0. The molecule has 1 fully saturated rings. The lowest BCUT2D eigenvalue weighted by Gasteiger charge is -2.24. The summed E-state index contributed by atoms with van der Waals surface area (Å²) in [6.45, 7) is 8.43. The fraction of sp³-hybridized carbons (Fsp3) is 0.500. The lowest BCUT2D eigenvalue weighted by Crippen LogP contribution is -2.27. The maximum Gasteiger partial charge on any atom is 0.137 e. The van der Waals surface area contributed by atoms with E-state index in [1.807, 2.05) is 0 Å². The Bertz CT molecular complexity index is 617. The molecule has 3 nitrogen and oxygen atoms in total. The molecule has 0 spiro atoms. The molecular formula is C18H25N3. The number of fused-ring (bicyclic) bond motifs is 1. The van der Waals surface area contributed by atoms with E-state index in [-0.39, 0.29) is 0 Å². The Morgan fingerprint density at radius 1 is 1.29 bits per heavy atom. The van der Waals surface area contributed by atoms with Gasteiger partial charge in [-0.05, 0) is 31.2 Å². The van der Waals surface area contributed by atoms with E-state index in [1.165, 1.54) is 29.4 Å². The molecule has 3 heteroatoms. The highest BCUT2D eigenvalue weighted by Gasteiger charge is 2.30. The normalized spacial score (nSPS) is 14.9. The standard InChI is InChI=1S/C18H25N3/c1-4-21(16-9-10-16)18-17-8-6-5-7-14(17)11-15(20-18)12-19-13(2)3/h5-8,11,13,16,19H,4,9-10,12H2,1-3H3. The summed E-state index contributed by atoms with van der Waals surface area (Å²) in [5.41, 5.74) is 1.14. The van der Waals surface area contributed by atoms with Gasteiger partial charge >= 0.3 is 0 Å². The van der Waals surface area contributed by atoms with Crippen LogP contribution in [0.1, 0.15) is 39.3 Å². The Hall–Kier alpha value is -1.61. The number of nitrogens with one attached hydrogen (secondary N) is 1. The molecule has 21 heavy (non-hydrogen) atoms. The predicted molar refractivity (Wildman–Crippen MR) is 89.8 cm³/mol. The molecule has 0 unspecified atom stereocenters. The van der Waals surface area contributed by atoms with Crippen LogP contribution in [0.3, 0.4) is 0 Å². The summed E-state index contributed by atoms with van der Waals surface area (Å²) < 4.78 is 0. The van der Waals surface area contributed by atoms with Crippen molar-refractivity contribution in [1.29, 1.82) is 0 Å². The summed E-state index contributed by atoms with van der Waals surface area (Å²) in [5.74, 6) is 1.17. The van der Waals surface area contributed by atoms with Crippen molar-refractivity contribution >= 4 is 16.6 Å². The third-order valence-electron chi connectivity index (χ3n) is 4.07. The van der Waals surface area contributed by atoms with Crippen LogP contribution < -0.4 is 10.2 Å². The first-order valence-corrected chi connectivity index (χ1v) is 8.07. The van der Waals surface area contributed by atoms with E-state index < -0.39 is 0 Å². The van der Waals surface area contributed by atoms with Crippen LogP contribution in [0.5, 0.6) is 0 Å². The van der Waals surface area contributed by atoms with Gasteiger partial charge in [0.2, 0.25) is 0 Å². The number of hydrogen-bond donors (Lipinski definition) is 1. The minimum Gasteiger partial charge on any atom is -0.353 e. The highest BCUT2D eigenvalue weighted by atomic mass is 15.2. The van der Waals surface area contributed by atoms with E-state index in [0.717, 1.165) is 18.8 Å². The van der Waals surface area contributed by atoms with Gasteiger partial charge in [-0.2, -0.15) is 0 Å². The largest absolute Gasteiger partial charge is 0.353 e. The highest BCUT2D eigenvalue weighted by molar-refractivity contribution is 5.92. The maximum atomic E-state index is 4.97. The summed E-state index contributed by atoms with van der Waals surface area (Å²) in [6.07, 6.45) is 2.61. The zero-order chi connectivity index (χ0) is 14.8. The Kier molecular flexibility index (Phi) is 4.11. The van der Waals surface area contributed by atoms with Gasteiger partial charge in [0, 0.05) is 30.6 Å². The molecule has 0 bridgehead atoms. The minimum atomic E-state index is 0.479. The smallest absolute Gasteiger partial charge is 0.137 e. The Balaban J connectivity index is 2.02. The van der Waals surface area contributed by atoms with Gasteiger partial charge in [-0.15, -0.1) is 0 Å². The van der Waals surface area contributed by atoms with Crippen molar-refractivity contribution in [2.45, 2.75) is 52.2 Å². The molecule has 0 amide bonds. The average molecular weight is 283 g/mol. The molecular weight excluding hydrogens is 258 g/mol. The van der Waals surface area contributed by atoms with E-state index >= 15 is 0 Å². The summed E-state index contributed by atoms with van der Waals surface area (Å²) in [6, 6.07) is 12.0. The number of nitrogens with zero attached hydrogens (tertiary/aromatic N) is 2. The average Bonchev–Trinajstić information content (AvgIpc) is 3.30. The van der Waals surface area contributed by atoms with Gasteiger partial charge in [-0.25, -0.2) is 4.98 Å². The molecule has 1 heterocycles. The molecule has 3 rings (SSSR count). The van der Waals surface area contributed by atoms with Crippen LogP contribution in [-0.4, -0.2) is 23.6 Å². The number of benzene rings is 1. The van der Waals surface area contributed by atoms with Gasteiger partial charge < -0.3 is 10.2 Å². The number of hydrogen-bond acceptors (Lipinski definition) is 3. The monoisotopic (exact) mass is 283 g/mol. The van der Waals surface area contributed by atoms with Crippen molar-refractivity contribution in [3.63, 3.8) is 0 Å². The molecule has 1 saturated carbocycles. The topological polar surface area (TPSA) is 28.2 Å². The van der Waals surface area contributed by atoms with E-state index in [2.05, 4.69) is 61.3 Å². The number of rotatable bonds is 6. The second kappa shape index (κ2) is 6.02. The third-order valence-corrected chi connectivity index (χ3v) is 4.07. The molecule has 1 aliphatic rings. The van der Waals surface area contributed by atoms with Crippen molar-refractivity contribution in [1.82, 2.24) is 10.3 Å². The van der Waals surface area contributed by atoms with Gasteiger partial charge in [0.1, 0.15) is 5.82 Å². The van der Waals surface area contributed by atoms with Gasteiger partial charge in [0.15, 0.2) is 0 Å². The molecule has 1 aromatic carbocycles. The molecule has 0 atom stereocenters. The fourth-order valence-corrected chi connectivity index (χ4v) is 2.82. The zero-order valence-corrected chi connectivity index (χ0v) is 13.3. The molecule has 1 aromatic heterocycles. The highest BCUT2D eigenvalue weighted by Crippen LogP contribution is 2.34. The quantitative estimate of drug-likeness (QED) is 0.875. The van der Waals surface area contributed by atoms with Crippen LogP contribution in [0.2, 0.25) is 0 Å². The second-order valence-corrected chi connectivity index (χ2v) is 6.21. The Morgan fingerprint density at radius 2 is 2.05 bits per heavy atom. The second-order valence-electron chi connectivity index (χ2n) is 6.21. The van der Waals surface area contributed by atoms with E-state index in [4.69, 9.17) is 4.98 Å². The summed E-state index contributed by atoms with van der Waals surface area (Å²) in [5, 5.41) is 6.05. The maximum absolute atomic E-state index is 4.97. The van der Waals surface area contributed by atoms with Crippen molar-refractivity contribution in [2.75, 3.05) is 11.4 Å². The first-order valence-electron chi connectivity index (χ1n) is 8.07. The van der Waals surface area contributed by atoms with Crippen molar-refractivity contribution < 1.29 is 0 Å². The van der Waals surface area contributed by atoms with Gasteiger partial charge in [-0.1, -0.05) is 38.1 Å². The molecule has 2 aromatic rings. The van der Waals surface area contributed by atoms with Crippen LogP contribution in [0.4, 0.5) is 5.82 Å². The van der Waals surface area contributed by atoms with Crippen molar-refractivity contribution in [2.24, 2.45) is 0 Å². The number of aromatic nitrogens is 1. The lowest BCUT2D eigenvalue weighted by molar-refractivity contribution is 0.581. The van der Waals surface area contributed by atoms with Gasteiger partial charge in [0.05, 0.1) is 5.69 Å². The molecule has 1 N–H and O–H groups in total. The summed E-state index contributed by atoms with van der Waals surface area (Å²) in [4.78, 5) is 7.44. The van der Waals surface area contributed by atoms with E-state index in [0.29, 0.717) is 12.1 Å². The molecule has 1 aliphatic carbocycles. The molecule has 0 radical (unpaired) electrons. The number of pyridine rings is 1. The fourth-order valence-electron chi connectivity index (χ4n) is 2.82. The van der Waals surface area contributed by atoms with E-state index in [1.54, 1.807) is 0 Å². The van der Waals surface area contributed by atoms with E-state index in [9.17, 15) is 0 Å². The number of anilines is 1. The molecule has 0 saturated heterocycles. The predicted octanol–water partition coefficient (Wildman–Crippen LogP) is 3.72. The Labute approximate surface area is 127 Å². The van der Waals surface area contributed by atoms with Crippen LogP contribution in [0.15, 0.2) is 30.3 Å². The van der Waals surface area contributed by atoms with Crippen LogP contribution in [0.25, 0.3) is 10.8 Å². The van der Waals surface area contributed by atoms with Crippen molar-refractivity contribution in [3.05, 3.63) is 36.0 Å². The Morgan fingerprint density at radius 3 is 2.71 bits per heavy atom. The molecule has 0 aliphatic heterocycles. The third kappa shape index (κ3) is 3.18. The van der Waals surface area contributed by atoms with Crippen LogP contribution >= 0.6 is 0 Å². The van der Waals surface area contributed by atoms with Crippen LogP contribution in [-0.2, 0) is 6.54 Å². The summed E-state index contributed by atoms with van der Waals surface area (Å²) >= 11 is 0. The zero-order valence-electron chi connectivity index (χ0n) is 13.3. The lowest BCUT2D eigenvalue weighted by atomic mass is 10.1. The minimum absolute atomic E-state index is 0.479. The van der Waals surface area contributed by atoms with Gasteiger partial charge in [0.25, 0.3) is 0 Å². The van der Waals surface area contributed by atoms with Gasteiger partial charge in [-0.3, -0.25) is 0 Å². The van der Waals surface area contributed by atoms with Crippen LogP contribution in [0, 0.1) is 0 Å². The first-order chi connectivity index (χ1) is 10.2. The molecule has 112 valence electrons.